The second kappa shape index (κ2) is 7.53. The molecule has 0 unspecified atom stereocenters. The van der Waals surface area contributed by atoms with Crippen molar-refractivity contribution in [2.45, 2.75) is 17.8 Å². The first-order valence-electron chi connectivity index (χ1n) is 9.11. The number of ether oxygens (including phenoxy) is 2. The lowest BCUT2D eigenvalue weighted by Gasteiger charge is -2.05. The first kappa shape index (κ1) is 18.2. The molecule has 0 bridgehead atoms. The number of nitrogens with zero attached hydrogens (tertiary/aromatic N) is 4. The van der Waals surface area contributed by atoms with Crippen LogP contribution in [0.25, 0.3) is 22.0 Å². The molecule has 4 aromatic rings. The normalized spacial score (nSPS) is 12.5. The Morgan fingerprint density at radius 1 is 1.10 bits per heavy atom. The highest BCUT2D eigenvalue weighted by Crippen LogP contribution is 2.37. The van der Waals surface area contributed by atoms with Gasteiger partial charge in [0.1, 0.15) is 5.01 Å². The third-order valence-electron chi connectivity index (χ3n) is 4.74. The van der Waals surface area contributed by atoms with E-state index in [0.29, 0.717) is 0 Å². The Morgan fingerprint density at radius 2 is 1.97 bits per heavy atom. The summed E-state index contributed by atoms with van der Waals surface area (Å²) in [6.45, 7) is 2.37. The second-order valence-corrected chi connectivity index (χ2v) is 8.48. The minimum absolute atomic E-state index is 0.279. The minimum atomic E-state index is 0.279. The Morgan fingerprint density at radius 3 is 2.86 bits per heavy atom. The Hall–Kier alpha value is -2.84. The van der Waals surface area contributed by atoms with Crippen LogP contribution in [0.15, 0.2) is 53.0 Å². The van der Waals surface area contributed by atoms with Gasteiger partial charge in [-0.2, -0.15) is 0 Å². The number of aryl methyl sites for hydroxylation is 1. The van der Waals surface area contributed by atoms with E-state index < -0.39 is 0 Å². The van der Waals surface area contributed by atoms with Crippen molar-refractivity contribution in [3.63, 3.8) is 0 Å². The predicted octanol–water partition coefficient (Wildman–Crippen LogP) is 4.94. The summed E-state index contributed by atoms with van der Waals surface area (Å²) in [4.78, 5) is 4.77. The fourth-order valence-corrected chi connectivity index (χ4v) is 4.90. The minimum Gasteiger partial charge on any atom is -0.454 e. The molecule has 0 saturated carbocycles. The summed E-state index contributed by atoms with van der Waals surface area (Å²) in [5, 5.41) is 12.7. The molecule has 0 N–H and O–H groups in total. The Kier molecular flexibility index (Phi) is 4.73. The van der Waals surface area contributed by atoms with Gasteiger partial charge in [-0.3, -0.25) is 0 Å². The number of hydrogen-bond acceptors (Lipinski definition) is 7. The smallest absolute Gasteiger partial charge is 0.231 e. The average molecular weight is 423 g/mol. The molecule has 3 heterocycles. The molecule has 0 amide bonds. The van der Waals surface area contributed by atoms with Crippen molar-refractivity contribution in [1.29, 1.82) is 0 Å². The van der Waals surface area contributed by atoms with Gasteiger partial charge >= 0.3 is 0 Å². The maximum atomic E-state index is 5.47. The van der Waals surface area contributed by atoms with E-state index in [1.165, 1.54) is 5.56 Å². The van der Waals surface area contributed by atoms with Crippen molar-refractivity contribution in [1.82, 2.24) is 19.7 Å². The zero-order chi connectivity index (χ0) is 19.8. The maximum absolute atomic E-state index is 5.47. The van der Waals surface area contributed by atoms with Crippen LogP contribution in [0.4, 0.5) is 0 Å². The van der Waals surface area contributed by atoms with Gasteiger partial charge in [-0.15, -0.1) is 21.5 Å². The Labute approximate surface area is 176 Å². The maximum Gasteiger partial charge on any atom is 0.231 e. The lowest BCUT2D eigenvalue weighted by Crippen LogP contribution is -1.96. The number of benzene rings is 2. The van der Waals surface area contributed by atoms with Gasteiger partial charge in [-0.1, -0.05) is 36.0 Å². The molecule has 1 aliphatic heterocycles. The first-order valence-corrected chi connectivity index (χ1v) is 11.0. The van der Waals surface area contributed by atoms with E-state index >= 15 is 0 Å². The molecule has 2 aromatic carbocycles. The summed E-state index contributed by atoms with van der Waals surface area (Å²) in [6, 6.07) is 14.1. The molecular formula is C21H18N4O2S2. The van der Waals surface area contributed by atoms with E-state index in [2.05, 4.69) is 34.6 Å². The van der Waals surface area contributed by atoms with Crippen molar-refractivity contribution < 1.29 is 9.47 Å². The molecule has 5 rings (SSSR count). The summed E-state index contributed by atoms with van der Waals surface area (Å²) in [5.74, 6) is 3.18. The zero-order valence-electron chi connectivity index (χ0n) is 16.0. The summed E-state index contributed by atoms with van der Waals surface area (Å²) in [5.41, 5.74) is 4.35. The van der Waals surface area contributed by atoms with E-state index in [-0.39, 0.29) is 6.79 Å². The molecule has 146 valence electrons. The molecule has 0 spiro atoms. The highest BCUT2D eigenvalue weighted by Gasteiger charge is 2.16. The average Bonchev–Trinajstić information content (AvgIpc) is 3.46. The Balaban J connectivity index is 1.31. The van der Waals surface area contributed by atoms with E-state index in [9.17, 15) is 0 Å². The number of hydrogen-bond donors (Lipinski definition) is 0. The quantitative estimate of drug-likeness (QED) is 0.425. The van der Waals surface area contributed by atoms with Crippen LogP contribution in [-0.4, -0.2) is 26.5 Å². The molecule has 6 nitrogen and oxygen atoms in total. The number of thiazole rings is 1. The monoisotopic (exact) mass is 422 g/mol. The largest absolute Gasteiger partial charge is 0.454 e. The third kappa shape index (κ3) is 3.49. The van der Waals surface area contributed by atoms with Crippen molar-refractivity contribution >= 4 is 23.1 Å². The molecule has 0 radical (unpaired) electrons. The van der Waals surface area contributed by atoms with Gasteiger partial charge in [-0.05, 0) is 30.7 Å². The first-order chi connectivity index (χ1) is 14.2. The summed E-state index contributed by atoms with van der Waals surface area (Å²) in [6.07, 6.45) is 0. The molecule has 1 aliphatic rings. The van der Waals surface area contributed by atoms with Crippen LogP contribution in [0.2, 0.25) is 0 Å². The highest BCUT2D eigenvalue weighted by atomic mass is 32.2. The molecule has 0 saturated heterocycles. The van der Waals surface area contributed by atoms with Gasteiger partial charge in [0.2, 0.25) is 6.79 Å². The molecule has 29 heavy (non-hydrogen) atoms. The summed E-state index contributed by atoms with van der Waals surface area (Å²) in [7, 11) is 2.00. The molecule has 0 aliphatic carbocycles. The van der Waals surface area contributed by atoms with Crippen LogP contribution < -0.4 is 9.47 Å². The van der Waals surface area contributed by atoms with Crippen LogP contribution >= 0.6 is 23.1 Å². The van der Waals surface area contributed by atoms with Gasteiger partial charge in [-0.25, -0.2) is 4.98 Å². The van der Waals surface area contributed by atoms with Crippen LogP contribution in [0.5, 0.6) is 11.5 Å². The number of fused-ring (bicyclic) bond motifs is 1. The van der Waals surface area contributed by atoms with Crippen molar-refractivity contribution in [2.24, 2.45) is 7.05 Å². The zero-order valence-corrected chi connectivity index (χ0v) is 17.6. The highest BCUT2D eigenvalue weighted by molar-refractivity contribution is 7.98. The fraction of sp³-hybridized carbons (Fsp3) is 0.190. The second-order valence-electron chi connectivity index (χ2n) is 6.68. The van der Waals surface area contributed by atoms with E-state index in [1.807, 2.05) is 41.9 Å². The van der Waals surface area contributed by atoms with Crippen LogP contribution in [0.3, 0.4) is 0 Å². The lowest BCUT2D eigenvalue weighted by molar-refractivity contribution is 0.174. The van der Waals surface area contributed by atoms with Gasteiger partial charge in [0.05, 0.1) is 5.69 Å². The molecule has 8 heteroatoms. The molecule has 0 atom stereocenters. The van der Waals surface area contributed by atoms with Gasteiger partial charge in [0.15, 0.2) is 22.5 Å². The van der Waals surface area contributed by atoms with Crippen LogP contribution in [0, 0.1) is 6.92 Å². The SMILES string of the molecule is Cc1ccccc1-c1nnc(SCc2csc(-c3ccc4c(c3)OCO4)n2)n1C. The molecule has 2 aromatic heterocycles. The standard InChI is InChI=1S/C21H18N4O2S2/c1-13-5-3-4-6-16(13)19-23-24-21(25(19)2)29-11-15-10-28-20(22-15)14-7-8-17-18(9-14)27-12-26-17/h3-10H,11-12H2,1-2H3. The number of rotatable bonds is 5. The van der Waals surface area contributed by atoms with Crippen molar-refractivity contribution in [3.05, 3.63) is 59.1 Å². The van der Waals surface area contributed by atoms with Crippen molar-refractivity contribution in [2.75, 3.05) is 6.79 Å². The lowest BCUT2D eigenvalue weighted by atomic mass is 10.1. The predicted molar refractivity (Wildman–Crippen MR) is 114 cm³/mol. The van der Waals surface area contributed by atoms with Gasteiger partial charge < -0.3 is 14.0 Å². The number of thioether (sulfide) groups is 1. The number of aromatic nitrogens is 4. The summed E-state index contributed by atoms with van der Waals surface area (Å²) >= 11 is 3.27. The molecular weight excluding hydrogens is 404 g/mol. The van der Waals surface area contributed by atoms with Gasteiger partial charge in [0.25, 0.3) is 0 Å². The van der Waals surface area contributed by atoms with E-state index in [4.69, 9.17) is 14.5 Å². The van der Waals surface area contributed by atoms with E-state index in [0.717, 1.165) is 50.1 Å². The van der Waals surface area contributed by atoms with E-state index in [1.54, 1.807) is 23.1 Å². The van der Waals surface area contributed by atoms with Crippen LogP contribution in [-0.2, 0) is 12.8 Å². The summed E-state index contributed by atoms with van der Waals surface area (Å²) < 4.78 is 12.9. The third-order valence-corrected chi connectivity index (χ3v) is 6.74. The topological polar surface area (TPSA) is 62.1 Å². The fourth-order valence-electron chi connectivity index (χ4n) is 3.17. The van der Waals surface area contributed by atoms with Crippen molar-refractivity contribution in [3.8, 4) is 33.5 Å². The molecule has 0 fully saturated rings. The van der Waals surface area contributed by atoms with Crippen LogP contribution in [0.1, 0.15) is 11.3 Å². The Bertz CT molecular complexity index is 1190. The van der Waals surface area contributed by atoms with Gasteiger partial charge in [0, 0.05) is 29.3 Å².